The number of carbonyl (C=O) groups is 1. The van der Waals surface area contributed by atoms with Gasteiger partial charge in [0.1, 0.15) is 11.6 Å². The van der Waals surface area contributed by atoms with Crippen LogP contribution in [0.1, 0.15) is 0 Å². The van der Waals surface area contributed by atoms with Gasteiger partial charge in [-0.05, 0) is 29.8 Å². The van der Waals surface area contributed by atoms with Crippen LogP contribution in [0.4, 0.5) is 29.3 Å². The average Bonchev–Trinajstić information content (AvgIpc) is 3.02. The number of aliphatic carboxylic acids is 1. The number of carboxylic acids is 1. The summed E-state index contributed by atoms with van der Waals surface area (Å²) >= 11 is 0. The quantitative estimate of drug-likeness (QED) is 0.403. The molecule has 156 valence electrons. The first kappa shape index (κ1) is 20.8. The number of aryl methyl sites for hydroxylation is 1. The topological polar surface area (TPSA) is 120 Å². The van der Waals surface area contributed by atoms with E-state index in [-0.39, 0.29) is 11.8 Å². The highest BCUT2D eigenvalue weighted by molar-refractivity contribution is 6.15. The zero-order valence-corrected chi connectivity index (χ0v) is 15.4. The molecule has 11 heteroatoms. The van der Waals surface area contributed by atoms with Crippen LogP contribution in [-0.4, -0.2) is 31.8 Å². The summed E-state index contributed by atoms with van der Waals surface area (Å²) in [6.07, 6.45) is -3.13. The number of aromatic nitrogens is 3. The van der Waals surface area contributed by atoms with Crippen molar-refractivity contribution in [2.24, 2.45) is 7.05 Å². The molecule has 2 heterocycles. The first-order chi connectivity index (χ1) is 14.0. The molecule has 0 radical (unpaired) electrons. The molecule has 2 aromatic heterocycles. The van der Waals surface area contributed by atoms with Gasteiger partial charge in [-0.15, -0.1) is 0 Å². The van der Waals surface area contributed by atoms with Crippen molar-refractivity contribution in [3.63, 3.8) is 0 Å². The van der Waals surface area contributed by atoms with Crippen molar-refractivity contribution < 1.29 is 27.5 Å². The summed E-state index contributed by atoms with van der Waals surface area (Å²) in [5, 5.41) is 8.85. The predicted molar refractivity (Wildman–Crippen MR) is 104 cm³/mol. The Hall–Kier alpha value is -3.89. The molecule has 2 aromatic carbocycles. The Kier molecular flexibility index (Phi) is 5.21. The summed E-state index contributed by atoms with van der Waals surface area (Å²) in [7, 11) is 1.95. The zero-order chi connectivity index (χ0) is 22.2. The molecule has 5 N–H and O–H groups in total. The van der Waals surface area contributed by atoms with Gasteiger partial charge < -0.3 is 21.1 Å². The van der Waals surface area contributed by atoms with Crippen molar-refractivity contribution in [2.45, 2.75) is 6.18 Å². The maximum Gasteiger partial charge on any atom is 0.490 e. The fraction of sp³-hybridized carbons (Fsp3) is 0.105. The minimum absolute atomic E-state index is 0.135. The van der Waals surface area contributed by atoms with Crippen LogP contribution in [0, 0.1) is 5.82 Å². The predicted octanol–water partition coefficient (Wildman–Crippen LogP) is 3.73. The molecule has 4 rings (SSSR count). The number of hydrogen-bond acceptors (Lipinski definition) is 5. The highest BCUT2D eigenvalue weighted by Gasteiger charge is 2.38. The number of rotatable bonds is 1. The Bertz CT molecular complexity index is 1250. The number of hydrogen-bond donors (Lipinski definition) is 3. The minimum Gasteiger partial charge on any atom is -0.475 e. The Morgan fingerprint density at radius 3 is 2.27 bits per heavy atom. The molecule has 0 aliphatic heterocycles. The summed E-state index contributed by atoms with van der Waals surface area (Å²) in [6, 6.07) is 10.3. The van der Waals surface area contributed by atoms with Crippen LogP contribution in [0.25, 0.3) is 32.9 Å². The monoisotopic (exact) mass is 421 g/mol. The Morgan fingerprint density at radius 1 is 1.10 bits per heavy atom. The fourth-order valence-electron chi connectivity index (χ4n) is 3.02. The van der Waals surface area contributed by atoms with Crippen LogP contribution in [0.3, 0.4) is 0 Å². The van der Waals surface area contributed by atoms with E-state index in [4.69, 9.17) is 21.4 Å². The molecule has 4 aromatic rings. The molecule has 0 saturated carbocycles. The summed E-state index contributed by atoms with van der Waals surface area (Å²) < 4.78 is 47.0. The second kappa shape index (κ2) is 7.50. The molecule has 0 aliphatic carbocycles. The van der Waals surface area contributed by atoms with Gasteiger partial charge in [-0.1, -0.05) is 12.1 Å². The van der Waals surface area contributed by atoms with Crippen LogP contribution < -0.4 is 11.5 Å². The molecule has 0 unspecified atom stereocenters. The molecule has 0 spiro atoms. The molecule has 0 bridgehead atoms. The number of halogens is 4. The second-order valence-electron chi connectivity index (χ2n) is 6.28. The first-order valence-electron chi connectivity index (χ1n) is 8.36. The summed E-state index contributed by atoms with van der Waals surface area (Å²) in [5.74, 6) is -2.54. The van der Waals surface area contributed by atoms with E-state index < -0.39 is 12.1 Å². The van der Waals surface area contributed by atoms with Crippen LogP contribution in [0.2, 0.25) is 0 Å². The highest BCUT2D eigenvalue weighted by atomic mass is 19.4. The summed E-state index contributed by atoms with van der Waals surface area (Å²) in [5.41, 5.74) is 15.3. The maximum atomic E-state index is 13.2. The maximum absolute atomic E-state index is 13.2. The van der Waals surface area contributed by atoms with Gasteiger partial charge in [-0.25, -0.2) is 14.2 Å². The lowest BCUT2D eigenvalue weighted by Gasteiger charge is -2.11. The van der Waals surface area contributed by atoms with Gasteiger partial charge in [-0.2, -0.15) is 18.2 Å². The molecule has 0 atom stereocenters. The zero-order valence-electron chi connectivity index (χ0n) is 15.4. The van der Waals surface area contributed by atoms with Crippen molar-refractivity contribution in [1.82, 2.24) is 14.5 Å². The van der Waals surface area contributed by atoms with E-state index in [2.05, 4.69) is 9.97 Å². The largest absolute Gasteiger partial charge is 0.490 e. The molecular formula is C19H15F4N5O2. The molecule has 0 aliphatic rings. The first-order valence-corrected chi connectivity index (χ1v) is 8.36. The van der Waals surface area contributed by atoms with Gasteiger partial charge in [0.15, 0.2) is 0 Å². The standard InChI is InChI=1S/C17H14FN5.C2HF3O2/c1-23-7-6-11-14-13(21-17(20)22-16(14)19)8-12(15(11)23)9-2-4-10(18)5-3-9;3-2(4,5)1(6)7/h2-8H,1H3,(H4,19,20,21,22);(H,6,7). The summed E-state index contributed by atoms with van der Waals surface area (Å²) in [6.45, 7) is 0. The highest BCUT2D eigenvalue weighted by Crippen LogP contribution is 2.36. The lowest BCUT2D eigenvalue weighted by molar-refractivity contribution is -0.192. The van der Waals surface area contributed by atoms with Crippen LogP contribution in [0.5, 0.6) is 0 Å². The third-order valence-electron chi connectivity index (χ3n) is 4.26. The number of benzene rings is 2. The van der Waals surface area contributed by atoms with Gasteiger partial charge in [-0.3, -0.25) is 0 Å². The third-order valence-corrected chi connectivity index (χ3v) is 4.26. The normalized spacial score (nSPS) is 11.4. The van der Waals surface area contributed by atoms with Crippen molar-refractivity contribution >= 4 is 39.5 Å². The number of anilines is 2. The van der Waals surface area contributed by atoms with Crippen LogP contribution in [-0.2, 0) is 11.8 Å². The number of nitrogen functional groups attached to an aromatic ring is 2. The second-order valence-corrected chi connectivity index (χ2v) is 6.28. The lowest BCUT2D eigenvalue weighted by Crippen LogP contribution is -2.21. The SMILES string of the molecule is Cn1ccc2c3c(N)nc(N)nc3cc(-c3ccc(F)cc3)c21.O=C(O)C(F)(F)F. The van der Waals surface area contributed by atoms with E-state index >= 15 is 0 Å². The van der Waals surface area contributed by atoms with Gasteiger partial charge >= 0.3 is 12.1 Å². The van der Waals surface area contributed by atoms with Gasteiger partial charge in [0, 0.05) is 24.2 Å². The Labute approximate surface area is 166 Å². The Balaban J connectivity index is 0.000000318. The molecule has 30 heavy (non-hydrogen) atoms. The molecular weight excluding hydrogens is 406 g/mol. The fourth-order valence-corrected chi connectivity index (χ4v) is 3.02. The molecule has 7 nitrogen and oxygen atoms in total. The summed E-state index contributed by atoms with van der Waals surface area (Å²) in [4.78, 5) is 17.3. The van der Waals surface area contributed by atoms with Crippen molar-refractivity contribution in [3.05, 3.63) is 48.4 Å². The number of nitrogens with two attached hydrogens (primary N) is 2. The Morgan fingerprint density at radius 2 is 1.70 bits per heavy atom. The van der Waals surface area contributed by atoms with Crippen LogP contribution in [0.15, 0.2) is 42.6 Å². The van der Waals surface area contributed by atoms with Crippen molar-refractivity contribution in [2.75, 3.05) is 11.5 Å². The number of nitrogens with zero attached hydrogens (tertiary/aromatic N) is 3. The van der Waals surface area contributed by atoms with E-state index in [0.717, 1.165) is 27.4 Å². The van der Waals surface area contributed by atoms with Gasteiger partial charge in [0.05, 0.1) is 16.4 Å². The van der Waals surface area contributed by atoms with E-state index in [1.165, 1.54) is 12.1 Å². The number of alkyl halides is 3. The van der Waals surface area contributed by atoms with Crippen LogP contribution >= 0.6 is 0 Å². The number of carboxylic acid groups (broad SMARTS) is 1. The van der Waals surface area contributed by atoms with E-state index in [0.29, 0.717) is 11.3 Å². The molecule has 0 amide bonds. The third kappa shape index (κ3) is 3.95. The lowest BCUT2D eigenvalue weighted by atomic mass is 10.00. The average molecular weight is 421 g/mol. The van der Waals surface area contributed by atoms with E-state index in [1.54, 1.807) is 12.1 Å². The van der Waals surface area contributed by atoms with E-state index in [1.807, 2.05) is 29.9 Å². The smallest absolute Gasteiger partial charge is 0.475 e. The van der Waals surface area contributed by atoms with E-state index in [9.17, 15) is 17.6 Å². The minimum atomic E-state index is -5.08. The van der Waals surface area contributed by atoms with Gasteiger partial charge in [0.2, 0.25) is 5.95 Å². The van der Waals surface area contributed by atoms with Gasteiger partial charge in [0.25, 0.3) is 0 Å². The van der Waals surface area contributed by atoms with Crippen molar-refractivity contribution in [3.8, 4) is 11.1 Å². The number of fused-ring (bicyclic) bond motifs is 3. The molecule has 0 fully saturated rings. The molecule has 0 saturated heterocycles. The van der Waals surface area contributed by atoms with Crippen molar-refractivity contribution in [1.29, 1.82) is 0 Å².